The van der Waals surface area contributed by atoms with Crippen molar-refractivity contribution in [2.24, 2.45) is 0 Å². The molecule has 8 heteroatoms. The third kappa shape index (κ3) is 5.31. The lowest BCUT2D eigenvalue weighted by Crippen LogP contribution is -2.37. The van der Waals surface area contributed by atoms with Crippen molar-refractivity contribution >= 4 is 38.4 Å². The monoisotopic (exact) mass is 343 g/mol. The van der Waals surface area contributed by atoms with Crippen LogP contribution in [0.25, 0.3) is 0 Å². The fourth-order valence-electron chi connectivity index (χ4n) is 0.959. The van der Waals surface area contributed by atoms with Crippen molar-refractivity contribution in [3.8, 4) is 0 Å². The molecule has 0 aliphatic heterocycles. The van der Waals surface area contributed by atoms with Crippen molar-refractivity contribution < 1.29 is 8.42 Å². The Bertz CT molecular complexity index is 455. The average Bonchev–Trinajstić information content (AvgIpc) is 2.26. The molecule has 1 unspecified atom stereocenters. The molecule has 1 atom stereocenters. The predicted octanol–water partition coefficient (Wildman–Crippen LogP) is 1.15. The Labute approximate surface area is 116 Å². The molecule has 0 saturated carbocycles. The number of nitrogens with one attached hydrogen (secondary N) is 2. The lowest BCUT2D eigenvalue weighted by atomic mass is 10.4. The number of rotatable bonds is 5. The zero-order chi connectivity index (χ0) is 12.2. The van der Waals surface area contributed by atoms with Gasteiger partial charge in [0.05, 0.1) is 0 Å². The molecule has 0 spiro atoms. The van der Waals surface area contributed by atoms with E-state index in [2.05, 4.69) is 31.0 Å². The Morgan fingerprint density at radius 3 is 2.65 bits per heavy atom. The van der Waals surface area contributed by atoms with Crippen LogP contribution >= 0.6 is 28.3 Å². The van der Waals surface area contributed by atoms with Gasteiger partial charge in [-0.15, -0.1) is 12.4 Å². The first-order valence-corrected chi connectivity index (χ1v) is 7.01. The van der Waals surface area contributed by atoms with Crippen LogP contribution in [0, 0.1) is 0 Å². The molecule has 17 heavy (non-hydrogen) atoms. The topological polar surface area (TPSA) is 71.1 Å². The molecule has 1 aromatic heterocycles. The zero-order valence-electron chi connectivity index (χ0n) is 9.47. The lowest BCUT2D eigenvalue weighted by molar-refractivity contribution is 0.554. The molecule has 1 heterocycles. The number of aromatic nitrogens is 1. The van der Waals surface area contributed by atoms with Crippen molar-refractivity contribution in [3.63, 3.8) is 0 Å². The largest absolute Gasteiger partial charge is 0.316 e. The molecule has 0 bridgehead atoms. The predicted molar refractivity (Wildman–Crippen MR) is 72.9 cm³/mol. The van der Waals surface area contributed by atoms with E-state index < -0.39 is 10.0 Å². The van der Waals surface area contributed by atoms with E-state index >= 15 is 0 Å². The first-order valence-electron chi connectivity index (χ1n) is 4.73. The van der Waals surface area contributed by atoms with Crippen molar-refractivity contribution in [1.29, 1.82) is 0 Å². The van der Waals surface area contributed by atoms with Crippen molar-refractivity contribution in [2.45, 2.75) is 17.9 Å². The SMILES string of the molecule is CNC(C)CNS(=O)(=O)c1cncc(Br)c1.Cl. The normalized spacial score (nSPS) is 12.9. The molecule has 2 N–H and O–H groups in total. The van der Waals surface area contributed by atoms with Crippen molar-refractivity contribution in [1.82, 2.24) is 15.0 Å². The quantitative estimate of drug-likeness (QED) is 0.840. The summed E-state index contributed by atoms with van der Waals surface area (Å²) in [6.07, 6.45) is 2.85. The van der Waals surface area contributed by atoms with Crippen molar-refractivity contribution in [3.05, 3.63) is 22.9 Å². The summed E-state index contributed by atoms with van der Waals surface area (Å²) in [4.78, 5) is 3.97. The van der Waals surface area contributed by atoms with Gasteiger partial charge in [-0.1, -0.05) is 0 Å². The van der Waals surface area contributed by atoms with E-state index in [9.17, 15) is 8.42 Å². The summed E-state index contributed by atoms with van der Waals surface area (Å²) in [7, 11) is -1.69. The summed E-state index contributed by atoms with van der Waals surface area (Å²) in [5.41, 5.74) is 0. The standard InChI is InChI=1S/C9H14BrN3O2S.ClH/c1-7(11-2)4-13-16(14,15)9-3-8(10)5-12-6-9;/h3,5-7,11,13H,4H2,1-2H3;1H. The van der Waals surface area contributed by atoms with Gasteiger partial charge in [-0.05, 0) is 36.0 Å². The molecular weight excluding hydrogens is 330 g/mol. The molecule has 1 aromatic rings. The molecule has 0 fully saturated rings. The third-order valence-corrected chi connectivity index (χ3v) is 3.89. The van der Waals surface area contributed by atoms with Crippen LogP contribution in [-0.2, 0) is 10.0 Å². The second kappa shape index (κ2) is 7.27. The second-order valence-electron chi connectivity index (χ2n) is 3.38. The van der Waals surface area contributed by atoms with Gasteiger partial charge in [-0.2, -0.15) is 0 Å². The van der Waals surface area contributed by atoms with Gasteiger partial charge in [0.2, 0.25) is 10.0 Å². The number of hydrogen-bond donors (Lipinski definition) is 2. The summed E-state index contributed by atoms with van der Waals surface area (Å²) < 4.78 is 26.7. The van der Waals surface area contributed by atoms with Crippen LogP contribution in [0.5, 0.6) is 0 Å². The molecule has 1 rings (SSSR count). The van der Waals surface area contributed by atoms with Gasteiger partial charge in [-0.25, -0.2) is 13.1 Å². The number of halogens is 2. The molecule has 0 radical (unpaired) electrons. The third-order valence-electron chi connectivity index (χ3n) is 2.06. The molecule has 0 aliphatic carbocycles. The number of sulfonamides is 1. The first kappa shape index (κ1) is 16.8. The second-order valence-corrected chi connectivity index (χ2v) is 6.06. The van der Waals surface area contributed by atoms with E-state index in [1.54, 1.807) is 7.05 Å². The summed E-state index contributed by atoms with van der Waals surface area (Å²) in [5, 5.41) is 2.95. The lowest BCUT2D eigenvalue weighted by Gasteiger charge is -2.11. The maximum atomic E-state index is 11.8. The minimum absolute atomic E-state index is 0. The minimum atomic E-state index is -3.47. The molecular formula is C9H15BrClN3O2S. The molecule has 0 amide bonds. The number of likely N-dealkylation sites (N-methyl/N-ethyl adjacent to an activating group) is 1. The molecule has 0 aliphatic rings. The van der Waals surface area contributed by atoms with E-state index in [-0.39, 0.29) is 23.3 Å². The Balaban J connectivity index is 0.00000256. The van der Waals surface area contributed by atoms with Crippen LogP contribution in [-0.4, -0.2) is 33.0 Å². The summed E-state index contributed by atoms with van der Waals surface area (Å²) in [5.74, 6) is 0. The Kier molecular flexibility index (Phi) is 7.18. The van der Waals surface area contributed by atoms with Crippen LogP contribution in [0.15, 0.2) is 27.8 Å². The molecule has 5 nitrogen and oxygen atoms in total. The van der Waals surface area contributed by atoms with E-state index in [1.807, 2.05) is 6.92 Å². The van der Waals surface area contributed by atoms with E-state index in [0.29, 0.717) is 11.0 Å². The van der Waals surface area contributed by atoms with Crippen LogP contribution in [0.4, 0.5) is 0 Å². The highest BCUT2D eigenvalue weighted by molar-refractivity contribution is 9.10. The summed E-state index contributed by atoms with van der Waals surface area (Å²) >= 11 is 3.18. The van der Waals surface area contributed by atoms with Crippen molar-refractivity contribution in [2.75, 3.05) is 13.6 Å². The Morgan fingerprint density at radius 1 is 1.47 bits per heavy atom. The number of hydrogen-bond acceptors (Lipinski definition) is 4. The highest BCUT2D eigenvalue weighted by Gasteiger charge is 2.15. The molecule has 0 saturated heterocycles. The van der Waals surface area contributed by atoms with E-state index in [4.69, 9.17) is 0 Å². The molecule has 98 valence electrons. The van der Waals surface area contributed by atoms with Gasteiger partial charge in [-0.3, -0.25) is 4.98 Å². The fourth-order valence-corrected chi connectivity index (χ4v) is 2.59. The minimum Gasteiger partial charge on any atom is -0.316 e. The van der Waals surface area contributed by atoms with Crippen LogP contribution < -0.4 is 10.0 Å². The van der Waals surface area contributed by atoms with Gasteiger partial charge in [0.25, 0.3) is 0 Å². The highest BCUT2D eigenvalue weighted by Crippen LogP contribution is 2.13. The first-order chi connectivity index (χ1) is 7.45. The van der Waals surface area contributed by atoms with Gasteiger partial charge < -0.3 is 5.32 Å². The van der Waals surface area contributed by atoms with Gasteiger partial charge in [0.1, 0.15) is 4.90 Å². The summed E-state index contributed by atoms with van der Waals surface area (Å²) in [6.45, 7) is 2.23. The average molecular weight is 345 g/mol. The highest BCUT2D eigenvalue weighted by atomic mass is 79.9. The maximum absolute atomic E-state index is 11.8. The van der Waals surface area contributed by atoms with Gasteiger partial charge >= 0.3 is 0 Å². The van der Waals surface area contributed by atoms with Gasteiger partial charge in [0.15, 0.2) is 0 Å². The molecule has 0 aromatic carbocycles. The number of pyridine rings is 1. The maximum Gasteiger partial charge on any atom is 0.242 e. The van der Waals surface area contributed by atoms with Crippen LogP contribution in [0.2, 0.25) is 0 Å². The Hall–Kier alpha value is -0.210. The summed E-state index contributed by atoms with van der Waals surface area (Å²) in [6, 6.07) is 1.59. The van der Waals surface area contributed by atoms with E-state index in [1.165, 1.54) is 18.5 Å². The van der Waals surface area contributed by atoms with Crippen LogP contribution in [0.3, 0.4) is 0 Å². The zero-order valence-corrected chi connectivity index (χ0v) is 12.7. The Morgan fingerprint density at radius 2 is 2.12 bits per heavy atom. The van der Waals surface area contributed by atoms with Crippen LogP contribution in [0.1, 0.15) is 6.92 Å². The fraction of sp³-hybridized carbons (Fsp3) is 0.444. The number of nitrogens with zero attached hydrogens (tertiary/aromatic N) is 1. The smallest absolute Gasteiger partial charge is 0.242 e. The van der Waals surface area contributed by atoms with Gasteiger partial charge in [0, 0.05) is 29.5 Å². The van der Waals surface area contributed by atoms with E-state index in [0.717, 1.165) is 0 Å².